The molecule has 0 radical (unpaired) electrons. The summed E-state index contributed by atoms with van der Waals surface area (Å²) in [6.07, 6.45) is 0.758. The van der Waals surface area contributed by atoms with Crippen LogP contribution in [0.4, 0.5) is 4.39 Å². The fourth-order valence-corrected chi connectivity index (χ4v) is 4.02. The molecule has 6 heteroatoms. The molecule has 4 rings (SSSR count). The van der Waals surface area contributed by atoms with Crippen LogP contribution in [0.1, 0.15) is 29.3 Å². The molecule has 3 aromatic rings. The highest BCUT2D eigenvalue weighted by atomic mass is 19.1. The van der Waals surface area contributed by atoms with Crippen LogP contribution >= 0.6 is 0 Å². The number of aromatic nitrogens is 1. The normalized spacial score (nSPS) is 13.5. The van der Waals surface area contributed by atoms with Crippen molar-refractivity contribution in [1.29, 1.82) is 0 Å². The zero-order chi connectivity index (χ0) is 22.5. The minimum absolute atomic E-state index is 0.197. The first-order chi connectivity index (χ1) is 15.5. The Labute approximate surface area is 187 Å². The van der Waals surface area contributed by atoms with Crippen LogP contribution in [0.5, 0.6) is 5.88 Å². The lowest BCUT2D eigenvalue weighted by molar-refractivity contribution is -0.144. The molecule has 0 atom stereocenters. The van der Waals surface area contributed by atoms with Gasteiger partial charge in [-0.2, -0.15) is 0 Å². The Morgan fingerprint density at radius 2 is 1.91 bits per heavy atom. The molecule has 0 bridgehead atoms. The number of carbonyl (C=O) groups excluding carboxylic acids is 1. The number of benzene rings is 2. The van der Waals surface area contributed by atoms with Gasteiger partial charge in [-0.05, 0) is 42.2 Å². The summed E-state index contributed by atoms with van der Waals surface area (Å²) in [5.74, 6) is 0.136. The van der Waals surface area contributed by atoms with Gasteiger partial charge in [0.15, 0.2) is 0 Å². The van der Waals surface area contributed by atoms with Gasteiger partial charge in [0.2, 0.25) is 5.88 Å². The van der Waals surface area contributed by atoms with E-state index in [1.807, 2.05) is 50.2 Å². The van der Waals surface area contributed by atoms with Gasteiger partial charge in [0.1, 0.15) is 12.4 Å². The number of pyridine rings is 1. The molecule has 0 amide bonds. The van der Waals surface area contributed by atoms with Crippen LogP contribution in [0.15, 0.2) is 54.6 Å². The summed E-state index contributed by atoms with van der Waals surface area (Å²) in [6, 6.07) is 16.5. The topological polar surface area (TPSA) is 51.7 Å². The molecule has 0 saturated carbocycles. The fourth-order valence-electron chi connectivity index (χ4n) is 4.02. The van der Waals surface area contributed by atoms with E-state index in [-0.39, 0.29) is 11.8 Å². The Balaban J connectivity index is 1.43. The average molecular weight is 435 g/mol. The quantitative estimate of drug-likeness (QED) is 0.505. The third-order valence-corrected chi connectivity index (χ3v) is 5.75. The molecule has 0 aliphatic carbocycles. The SMILES string of the molecule is CCOC(=O)CN1CCc2nc(OCc3cccc(-c4ccccc4F)c3C)ccc2C1. The molecule has 0 fully saturated rings. The number of carbonyl (C=O) groups is 1. The highest BCUT2D eigenvalue weighted by Crippen LogP contribution is 2.28. The molecule has 0 unspecified atom stereocenters. The number of rotatable bonds is 7. The largest absolute Gasteiger partial charge is 0.473 e. The Morgan fingerprint density at radius 3 is 2.72 bits per heavy atom. The van der Waals surface area contributed by atoms with E-state index in [2.05, 4.69) is 9.88 Å². The number of hydrogen-bond donors (Lipinski definition) is 0. The smallest absolute Gasteiger partial charge is 0.320 e. The summed E-state index contributed by atoms with van der Waals surface area (Å²) < 4.78 is 25.3. The molecule has 1 aliphatic heterocycles. The van der Waals surface area contributed by atoms with Crippen LogP contribution in [0.3, 0.4) is 0 Å². The van der Waals surface area contributed by atoms with E-state index in [4.69, 9.17) is 9.47 Å². The summed E-state index contributed by atoms with van der Waals surface area (Å²) in [7, 11) is 0. The van der Waals surface area contributed by atoms with Gasteiger partial charge in [0.05, 0.1) is 18.8 Å². The highest BCUT2D eigenvalue weighted by molar-refractivity contribution is 5.71. The first-order valence-electron chi connectivity index (χ1n) is 10.9. The molecular weight excluding hydrogens is 407 g/mol. The van der Waals surface area contributed by atoms with Crippen molar-refractivity contribution < 1.29 is 18.7 Å². The van der Waals surface area contributed by atoms with E-state index in [1.54, 1.807) is 12.1 Å². The van der Waals surface area contributed by atoms with Gasteiger partial charge in [-0.1, -0.05) is 42.5 Å². The Bertz CT molecular complexity index is 1120. The van der Waals surface area contributed by atoms with E-state index in [0.29, 0.717) is 37.7 Å². The van der Waals surface area contributed by atoms with Crippen molar-refractivity contribution in [1.82, 2.24) is 9.88 Å². The van der Waals surface area contributed by atoms with Gasteiger partial charge in [-0.15, -0.1) is 0 Å². The Hall–Kier alpha value is -3.25. The maximum atomic E-state index is 14.3. The fraction of sp³-hybridized carbons (Fsp3) is 0.308. The predicted molar refractivity (Wildman–Crippen MR) is 121 cm³/mol. The van der Waals surface area contributed by atoms with Crippen LogP contribution in [0, 0.1) is 12.7 Å². The third kappa shape index (κ3) is 4.97. The molecule has 1 aliphatic rings. The molecule has 0 saturated heterocycles. The van der Waals surface area contributed by atoms with E-state index < -0.39 is 0 Å². The van der Waals surface area contributed by atoms with Crippen LogP contribution < -0.4 is 4.74 Å². The van der Waals surface area contributed by atoms with Gasteiger partial charge in [0, 0.05) is 31.1 Å². The van der Waals surface area contributed by atoms with Crippen LogP contribution in [-0.4, -0.2) is 35.5 Å². The van der Waals surface area contributed by atoms with Gasteiger partial charge < -0.3 is 9.47 Å². The number of hydrogen-bond acceptors (Lipinski definition) is 5. The second-order valence-corrected chi connectivity index (χ2v) is 7.88. The van der Waals surface area contributed by atoms with Crippen LogP contribution in [0.25, 0.3) is 11.1 Å². The maximum absolute atomic E-state index is 14.3. The van der Waals surface area contributed by atoms with Crippen molar-refractivity contribution in [3.05, 3.63) is 82.8 Å². The van der Waals surface area contributed by atoms with Gasteiger partial charge in [0.25, 0.3) is 0 Å². The van der Waals surface area contributed by atoms with Crippen molar-refractivity contribution in [2.45, 2.75) is 33.4 Å². The average Bonchev–Trinajstić information content (AvgIpc) is 2.79. The summed E-state index contributed by atoms with van der Waals surface area (Å²) >= 11 is 0. The molecule has 2 heterocycles. The zero-order valence-corrected chi connectivity index (χ0v) is 18.4. The number of halogens is 1. The summed E-state index contributed by atoms with van der Waals surface area (Å²) in [4.78, 5) is 18.5. The molecular formula is C26H27FN2O3. The van der Waals surface area contributed by atoms with Crippen molar-refractivity contribution in [3.8, 4) is 17.0 Å². The second-order valence-electron chi connectivity index (χ2n) is 7.88. The van der Waals surface area contributed by atoms with Crippen molar-refractivity contribution >= 4 is 5.97 Å². The number of fused-ring (bicyclic) bond motifs is 1. The van der Waals surface area contributed by atoms with E-state index in [9.17, 15) is 9.18 Å². The lowest BCUT2D eigenvalue weighted by Gasteiger charge is -2.27. The van der Waals surface area contributed by atoms with E-state index in [0.717, 1.165) is 40.9 Å². The standard InChI is InChI=1S/C26H27FN2O3/c1-3-31-26(30)16-29-14-13-24-19(15-29)11-12-25(28-24)32-17-20-7-6-9-21(18(20)2)22-8-4-5-10-23(22)27/h4-12H,3,13-17H2,1-2H3. The minimum Gasteiger partial charge on any atom is -0.473 e. The van der Waals surface area contributed by atoms with Crippen molar-refractivity contribution in [2.75, 3.05) is 19.7 Å². The first kappa shape index (κ1) is 22.0. The monoisotopic (exact) mass is 434 g/mol. The Kier molecular flexibility index (Phi) is 6.81. The number of ether oxygens (including phenoxy) is 2. The number of nitrogens with zero attached hydrogens (tertiary/aromatic N) is 2. The van der Waals surface area contributed by atoms with Crippen LogP contribution in [0.2, 0.25) is 0 Å². The maximum Gasteiger partial charge on any atom is 0.320 e. The van der Waals surface area contributed by atoms with E-state index >= 15 is 0 Å². The Morgan fingerprint density at radius 1 is 1.09 bits per heavy atom. The predicted octanol–water partition coefficient (Wildman–Crippen LogP) is 4.70. The lowest BCUT2D eigenvalue weighted by atomic mass is 9.96. The van der Waals surface area contributed by atoms with Crippen molar-refractivity contribution in [3.63, 3.8) is 0 Å². The molecule has 166 valence electrons. The molecule has 1 aromatic heterocycles. The van der Waals surface area contributed by atoms with Gasteiger partial charge in [-0.25, -0.2) is 9.37 Å². The first-order valence-corrected chi connectivity index (χ1v) is 10.9. The van der Waals surface area contributed by atoms with E-state index in [1.165, 1.54) is 6.07 Å². The highest BCUT2D eigenvalue weighted by Gasteiger charge is 2.20. The molecule has 0 N–H and O–H groups in total. The zero-order valence-electron chi connectivity index (χ0n) is 18.4. The lowest BCUT2D eigenvalue weighted by Crippen LogP contribution is -2.36. The summed E-state index contributed by atoms with van der Waals surface area (Å²) in [6.45, 7) is 6.27. The minimum atomic E-state index is -0.234. The molecule has 0 spiro atoms. The molecule has 2 aromatic carbocycles. The molecule has 32 heavy (non-hydrogen) atoms. The van der Waals surface area contributed by atoms with Crippen LogP contribution in [-0.2, 0) is 29.1 Å². The second kappa shape index (κ2) is 9.92. The van der Waals surface area contributed by atoms with Gasteiger partial charge in [-0.3, -0.25) is 9.69 Å². The number of esters is 1. The third-order valence-electron chi connectivity index (χ3n) is 5.75. The van der Waals surface area contributed by atoms with Crippen molar-refractivity contribution in [2.24, 2.45) is 0 Å². The summed E-state index contributed by atoms with van der Waals surface area (Å²) in [5, 5.41) is 0. The summed E-state index contributed by atoms with van der Waals surface area (Å²) in [5.41, 5.74) is 5.54. The van der Waals surface area contributed by atoms with Gasteiger partial charge >= 0.3 is 5.97 Å². The molecule has 5 nitrogen and oxygen atoms in total.